The molecule has 2 aliphatic rings. The average molecular weight is 538 g/mol. The highest BCUT2D eigenvalue weighted by Gasteiger charge is 2.45. The SMILES string of the molecule is Cc1cccc(C2C(C(=O)c3ccccc3)CN(CCCN3CCN(C)CC3)CC2C(=O)c2ccccc2)c1C. The fraction of sp³-hybridized carbons (Fsp3) is 0.429. The van der Waals surface area contributed by atoms with Crippen LogP contribution >= 0.6 is 0 Å². The molecule has 3 aromatic carbocycles. The first-order valence-corrected chi connectivity index (χ1v) is 14.8. The molecule has 2 heterocycles. The van der Waals surface area contributed by atoms with E-state index in [1.54, 1.807) is 0 Å². The zero-order valence-electron chi connectivity index (χ0n) is 24.3. The number of piperidine rings is 1. The summed E-state index contributed by atoms with van der Waals surface area (Å²) in [5, 5.41) is 0. The summed E-state index contributed by atoms with van der Waals surface area (Å²) >= 11 is 0. The molecular formula is C35H43N3O2. The van der Waals surface area contributed by atoms with Gasteiger partial charge < -0.3 is 14.7 Å². The van der Waals surface area contributed by atoms with Crippen molar-refractivity contribution in [3.8, 4) is 0 Å². The second-order valence-electron chi connectivity index (χ2n) is 11.7. The maximum Gasteiger partial charge on any atom is 0.167 e. The molecule has 0 spiro atoms. The van der Waals surface area contributed by atoms with Crippen molar-refractivity contribution in [1.82, 2.24) is 14.7 Å². The number of hydrogen-bond donors (Lipinski definition) is 0. The maximum atomic E-state index is 14.2. The standard InChI is InChI=1S/C35H43N3O2/c1-26-12-10-17-30(27(26)2)33-31(34(39)28-13-6-4-7-14-28)24-38(19-11-18-37-22-20-36(3)21-23-37)25-32(33)35(40)29-15-8-5-9-16-29/h4-10,12-17,31-33H,11,18-25H2,1-3H3. The van der Waals surface area contributed by atoms with Crippen LogP contribution in [-0.4, -0.2) is 85.7 Å². The Morgan fingerprint density at radius 3 is 1.75 bits per heavy atom. The monoisotopic (exact) mass is 537 g/mol. The van der Waals surface area contributed by atoms with Crippen LogP contribution in [0.1, 0.15) is 49.7 Å². The van der Waals surface area contributed by atoms with Crippen molar-refractivity contribution in [2.75, 3.05) is 59.4 Å². The first-order chi connectivity index (χ1) is 19.4. The van der Waals surface area contributed by atoms with E-state index < -0.39 is 0 Å². The number of hydrogen-bond acceptors (Lipinski definition) is 5. The normalized spacial score (nSPS) is 22.7. The number of carbonyl (C=O) groups is 2. The van der Waals surface area contributed by atoms with Crippen LogP contribution in [0.2, 0.25) is 0 Å². The van der Waals surface area contributed by atoms with Crippen molar-refractivity contribution in [2.45, 2.75) is 26.2 Å². The number of ketones is 2. The number of likely N-dealkylation sites (N-methyl/N-ethyl adjacent to an activating group) is 1. The van der Waals surface area contributed by atoms with Crippen LogP contribution in [0.25, 0.3) is 0 Å². The van der Waals surface area contributed by atoms with Gasteiger partial charge in [0.15, 0.2) is 11.6 Å². The number of nitrogens with zero attached hydrogens (tertiary/aromatic N) is 3. The van der Waals surface area contributed by atoms with E-state index in [2.05, 4.69) is 53.8 Å². The molecule has 5 heteroatoms. The van der Waals surface area contributed by atoms with E-state index in [0.717, 1.165) is 62.4 Å². The van der Waals surface area contributed by atoms with Gasteiger partial charge in [-0.05, 0) is 57.1 Å². The van der Waals surface area contributed by atoms with E-state index in [4.69, 9.17) is 0 Å². The first kappa shape index (κ1) is 28.4. The predicted molar refractivity (Wildman–Crippen MR) is 162 cm³/mol. The Labute approximate surface area is 239 Å². The van der Waals surface area contributed by atoms with Crippen LogP contribution in [0.15, 0.2) is 78.9 Å². The van der Waals surface area contributed by atoms with Crippen molar-refractivity contribution in [2.24, 2.45) is 11.8 Å². The molecule has 2 atom stereocenters. The Bertz CT molecular complexity index is 1220. The number of piperazine rings is 1. The van der Waals surface area contributed by atoms with Crippen molar-refractivity contribution in [3.63, 3.8) is 0 Å². The summed E-state index contributed by atoms with van der Waals surface area (Å²) in [5.41, 5.74) is 4.98. The van der Waals surface area contributed by atoms with Gasteiger partial charge in [0.1, 0.15) is 0 Å². The molecule has 210 valence electrons. The Morgan fingerprint density at radius 1 is 0.675 bits per heavy atom. The predicted octanol–water partition coefficient (Wildman–Crippen LogP) is 5.34. The van der Waals surface area contributed by atoms with Gasteiger partial charge >= 0.3 is 0 Å². The average Bonchev–Trinajstić information content (AvgIpc) is 2.99. The lowest BCUT2D eigenvalue weighted by atomic mass is 9.67. The third-order valence-electron chi connectivity index (χ3n) is 9.12. The second-order valence-corrected chi connectivity index (χ2v) is 11.7. The maximum absolute atomic E-state index is 14.2. The van der Waals surface area contributed by atoms with Crippen molar-refractivity contribution in [1.29, 1.82) is 0 Å². The van der Waals surface area contributed by atoms with Crippen molar-refractivity contribution in [3.05, 3.63) is 107 Å². The minimum Gasteiger partial charge on any atom is -0.304 e. The fourth-order valence-electron chi connectivity index (χ4n) is 6.60. The fourth-order valence-corrected chi connectivity index (χ4v) is 6.60. The van der Waals surface area contributed by atoms with Crippen LogP contribution in [0.4, 0.5) is 0 Å². The van der Waals surface area contributed by atoms with Crippen LogP contribution in [-0.2, 0) is 0 Å². The minimum atomic E-state index is -0.294. The van der Waals surface area contributed by atoms with Gasteiger partial charge in [-0.15, -0.1) is 0 Å². The molecule has 0 radical (unpaired) electrons. The summed E-state index contributed by atoms with van der Waals surface area (Å²) in [6, 6.07) is 25.7. The molecule has 2 aliphatic heterocycles. The summed E-state index contributed by atoms with van der Waals surface area (Å²) in [7, 11) is 2.19. The van der Waals surface area contributed by atoms with E-state index in [9.17, 15) is 9.59 Å². The molecule has 0 aromatic heterocycles. The smallest absolute Gasteiger partial charge is 0.167 e. The van der Waals surface area contributed by atoms with Crippen LogP contribution < -0.4 is 0 Å². The lowest BCUT2D eigenvalue weighted by molar-refractivity contribution is 0.0557. The van der Waals surface area contributed by atoms with E-state index in [1.807, 2.05) is 60.7 Å². The van der Waals surface area contributed by atoms with Gasteiger partial charge in [0.25, 0.3) is 0 Å². The first-order valence-electron chi connectivity index (χ1n) is 14.8. The molecule has 5 nitrogen and oxygen atoms in total. The van der Waals surface area contributed by atoms with Crippen molar-refractivity contribution < 1.29 is 9.59 Å². The molecule has 2 saturated heterocycles. The molecule has 0 N–H and O–H groups in total. The van der Waals surface area contributed by atoms with E-state index >= 15 is 0 Å². The highest BCUT2D eigenvalue weighted by atomic mass is 16.1. The van der Waals surface area contributed by atoms with Crippen molar-refractivity contribution >= 4 is 11.6 Å². The number of aryl methyl sites for hydroxylation is 1. The van der Waals surface area contributed by atoms with E-state index in [0.29, 0.717) is 13.1 Å². The lowest BCUT2D eigenvalue weighted by Gasteiger charge is -2.44. The highest BCUT2D eigenvalue weighted by molar-refractivity contribution is 6.02. The molecule has 5 rings (SSSR count). The van der Waals surface area contributed by atoms with E-state index in [1.165, 1.54) is 11.1 Å². The largest absolute Gasteiger partial charge is 0.304 e. The Balaban J connectivity index is 1.47. The van der Waals surface area contributed by atoms with Gasteiger partial charge in [0.05, 0.1) is 0 Å². The summed E-state index contributed by atoms with van der Waals surface area (Å²) in [6.45, 7) is 12.0. The van der Waals surface area contributed by atoms with Crippen LogP contribution in [0.5, 0.6) is 0 Å². The zero-order valence-corrected chi connectivity index (χ0v) is 24.3. The number of likely N-dealkylation sites (tertiary alicyclic amines) is 1. The molecule has 0 saturated carbocycles. The molecule has 0 bridgehead atoms. The molecule has 2 unspecified atom stereocenters. The summed E-state index contributed by atoms with van der Waals surface area (Å²) in [5.74, 6) is -0.479. The Hall–Kier alpha value is -3.12. The third kappa shape index (κ3) is 6.43. The lowest BCUT2D eigenvalue weighted by Crippen LogP contribution is -2.51. The van der Waals surface area contributed by atoms with Gasteiger partial charge in [-0.2, -0.15) is 0 Å². The summed E-state index contributed by atoms with van der Waals surface area (Å²) in [6.07, 6.45) is 1.04. The van der Waals surface area contributed by atoms with E-state index in [-0.39, 0.29) is 29.3 Å². The van der Waals surface area contributed by atoms with Crippen LogP contribution in [0, 0.1) is 25.7 Å². The second kappa shape index (κ2) is 13.0. The Morgan fingerprint density at radius 2 is 1.20 bits per heavy atom. The number of carbonyl (C=O) groups excluding carboxylic acids is 2. The highest BCUT2D eigenvalue weighted by Crippen LogP contribution is 2.42. The molecule has 0 amide bonds. The topological polar surface area (TPSA) is 43.9 Å². The van der Waals surface area contributed by atoms with Gasteiger partial charge in [0.2, 0.25) is 0 Å². The quantitative estimate of drug-likeness (QED) is 0.345. The molecule has 0 aliphatic carbocycles. The van der Waals surface area contributed by atoms with Crippen LogP contribution in [0.3, 0.4) is 0 Å². The molecule has 3 aromatic rings. The van der Waals surface area contributed by atoms with Gasteiger partial charge in [-0.1, -0.05) is 78.9 Å². The zero-order chi connectivity index (χ0) is 28.1. The number of rotatable bonds is 9. The molecular weight excluding hydrogens is 494 g/mol. The summed E-state index contributed by atoms with van der Waals surface area (Å²) in [4.78, 5) is 35.8. The Kier molecular flexibility index (Phi) is 9.25. The third-order valence-corrected chi connectivity index (χ3v) is 9.12. The van der Waals surface area contributed by atoms with Gasteiger partial charge in [-0.25, -0.2) is 0 Å². The molecule has 40 heavy (non-hydrogen) atoms. The molecule has 2 fully saturated rings. The van der Waals surface area contributed by atoms with Gasteiger partial charge in [0, 0.05) is 68.1 Å². The number of benzene rings is 3. The summed E-state index contributed by atoms with van der Waals surface area (Å²) < 4.78 is 0. The van der Waals surface area contributed by atoms with Gasteiger partial charge in [-0.3, -0.25) is 9.59 Å². The minimum absolute atomic E-state index is 0.140. The number of Topliss-reactive ketones (excluding diaryl/α,β-unsaturated/α-hetero) is 2.